The van der Waals surface area contributed by atoms with Crippen molar-refractivity contribution in [2.24, 2.45) is 0 Å². The van der Waals surface area contributed by atoms with E-state index in [4.69, 9.17) is 33.7 Å². The third-order valence-corrected chi connectivity index (χ3v) is 3.45. The molecule has 21 heavy (non-hydrogen) atoms. The Hall–Kier alpha value is -1.91. The molecule has 2 aromatic rings. The van der Waals surface area contributed by atoms with Gasteiger partial charge in [0.2, 0.25) is 0 Å². The maximum absolute atomic E-state index is 11.8. The van der Waals surface area contributed by atoms with Gasteiger partial charge in [0.25, 0.3) is 5.91 Å². The first-order valence-corrected chi connectivity index (χ1v) is 6.95. The average Bonchev–Trinajstić information content (AvgIpc) is 2.43. The van der Waals surface area contributed by atoms with Crippen LogP contribution in [0.3, 0.4) is 0 Å². The van der Waals surface area contributed by atoms with Crippen molar-refractivity contribution in [2.75, 3.05) is 17.7 Å². The molecule has 4 nitrogen and oxygen atoms in total. The van der Waals surface area contributed by atoms with Crippen molar-refractivity contribution in [1.29, 1.82) is 0 Å². The molecule has 1 amide bonds. The van der Waals surface area contributed by atoms with Gasteiger partial charge >= 0.3 is 0 Å². The highest BCUT2D eigenvalue weighted by molar-refractivity contribution is 6.31. The Morgan fingerprint density at radius 2 is 2.00 bits per heavy atom. The van der Waals surface area contributed by atoms with Gasteiger partial charge in [-0.15, -0.1) is 0 Å². The van der Waals surface area contributed by atoms with Crippen LogP contribution in [0.25, 0.3) is 0 Å². The minimum Gasteiger partial charge on any atom is -0.484 e. The molecular weight excluding hydrogens is 311 g/mol. The fourth-order valence-corrected chi connectivity index (χ4v) is 1.99. The molecule has 0 aliphatic heterocycles. The first kappa shape index (κ1) is 15.5. The summed E-state index contributed by atoms with van der Waals surface area (Å²) in [6.45, 7) is 1.74. The Bertz CT molecular complexity index is 675. The lowest BCUT2D eigenvalue weighted by atomic mass is 10.2. The Morgan fingerprint density at radius 3 is 2.67 bits per heavy atom. The number of aryl methyl sites for hydroxylation is 1. The Balaban J connectivity index is 1.94. The fraction of sp³-hybridized carbons (Fsp3) is 0.133. The molecule has 2 rings (SSSR count). The Labute approximate surface area is 132 Å². The third-order valence-electron chi connectivity index (χ3n) is 2.79. The van der Waals surface area contributed by atoms with E-state index in [-0.39, 0.29) is 12.5 Å². The van der Waals surface area contributed by atoms with Crippen molar-refractivity contribution in [3.05, 3.63) is 52.0 Å². The molecule has 0 aliphatic rings. The van der Waals surface area contributed by atoms with E-state index in [1.807, 2.05) is 6.92 Å². The van der Waals surface area contributed by atoms with Crippen LogP contribution in [0.4, 0.5) is 11.4 Å². The molecule has 0 atom stereocenters. The van der Waals surface area contributed by atoms with Gasteiger partial charge in [0.05, 0.1) is 11.4 Å². The summed E-state index contributed by atoms with van der Waals surface area (Å²) in [5.74, 6) is 0.271. The molecule has 0 saturated heterocycles. The van der Waals surface area contributed by atoms with Crippen LogP contribution in [0.15, 0.2) is 36.4 Å². The van der Waals surface area contributed by atoms with E-state index in [1.54, 1.807) is 36.4 Å². The van der Waals surface area contributed by atoms with E-state index >= 15 is 0 Å². The first-order valence-electron chi connectivity index (χ1n) is 6.19. The number of ether oxygens (including phenoxy) is 1. The summed E-state index contributed by atoms with van der Waals surface area (Å²) in [5.41, 5.74) is 7.55. The highest BCUT2D eigenvalue weighted by Crippen LogP contribution is 2.23. The summed E-state index contributed by atoms with van der Waals surface area (Å²) in [6, 6.07) is 10.1. The Morgan fingerprint density at radius 1 is 1.24 bits per heavy atom. The molecule has 3 N–H and O–H groups in total. The third kappa shape index (κ3) is 4.28. The summed E-state index contributed by atoms with van der Waals surface area (Å²) in [7, 11) is 0. The largest absolute Gasteiger partial charge is 0.484 e. The number of carbonyl (C=O) groups excluding carboxylic acids is 1. The molecule has 0 fully saturated rings. The van der Waals surface area contributed by atoms with Gasteiger partial charge in [-0.3, -0.25) is 4.79 Å². The van der Waals surface area contributed by atoms with Crippen LogP contribution < -0.4 is 15.8 Å². The van der Waals surface area contributed by atoms with E-state index in [2.05, 4.69) is 5.32 Å². The summed E-state index contributed by atoms with van der Waals surface area (Å²) in [6.07, 6.45) is 0. The van der Waals surface area contributed by atoms with Crippen LogP contribution >= 0.6 is 23.2 Å². The standard InChI is InChI=1S/C15H14Cl2N2O2/c1-9-6-11(3-4-12(9)17)21-8-15(20)19-14-5-2-10(16)7-13(14)18/h2-7H,8,18H2,1H3,(H,19,20). The summed E-state index contributed by atoms with van der Waals surface area (Å²) >= 11 is 11.7. The van der Waals surface area contributed by atoms with Crippen LogP contribution in [0, 0.1) is 6.92 Å². The lowest BCUT2D eigenvalue weighted by Crippen LogP contribution is -2.20. The maximum atomic E-state index is 11.8. The van der Waals surface area contributed by atoms with E-state index in [0.717, 1.165) is 5.56 Å². The van der Waals surface area contributed by atoms with Crippen molar-refractivity contribution in [1.82, 2.24) is 0 Å². The number of anilines is 2. The normalized spacial score (nSPS) is 10.2. The molecule has 0 radical (unpaired) electrons. The predicted molar refractivity (Wildman–Crippen MR) is 86.2 cm³/mol. The summed E-state index contributed by atoms with van der Waals surface area (Å²) < 4.78 is 5.40. The minimum absolute atomic E-state index is 0.122. The predicted octanol–water partition coefficient (Wildman–Crippen LogP) is 3.90. The number of nitrogen functional groups attached to an aromatic ring is 1. The first-order chi connectivity index (χ1) is 9.95. The summed E-state index contributed by atoms with van der Waals surface area (Å²) in [4.78, 5) is 11.8. The summed E-state index contributed by atoms with van der Waals surface area (Å²) in [5, 5.41) is 3.83. The molecule has 6 heteroatoms. The van der Waals surface area contributed by atoms with Crippen LogP contribution in [-0.4, -0.2) is 12.5 Å². The van der Waals surface area contributed by atoms with Gasteiger partial charge in [0, 0.05) is 10.0 Å². The Kier molecular flexibility index (Phi) is 4.94. The zero-order valence-electron chi connectivity index (χ0n) is 11.3. The van der Waals surface area contributed by atoms with Gasteiger partial charge in [-0.1, -0.05) is 23.2 Å². The SMILES string of the molecule is Cc1cc(OCC(=O)Nc2ccc(Cl)cc2N)ccc1Cl. The van der Waals surface area contributed by atoms with Gasteiger partial charge < -0.3 is 15.8 Å². The van der Waals surface area contributed by atoms with Gasteiger partial charge in [0.1, 0.15) is 5.75 Å². The molecule has 0 spiro atoms. The molecule has 0 heterocycles. The van der Waals surface area contributed by atoms with Crippen LogP contribution in [0.5, 0.6) is 5.75 Å². The molecule has 0 saturated carbocycles. The van der Waals surface area contributed by atoms with Crippen molar-refractivity contribution >= 4 is 40.5 Å². The molecule has 0 bridgehead atoms. The van der Waals surface area contributed by atoms with E-state index in [9.17, 15) is 4.79 Å². The monoisotopic (exact) mass is 324 g/mol. The number of rotatable bonds is 4. The van der Waals surface area contributed by atoms with E-state index in [0.29, 0.717) is 27.2 Å². The number of amides is 1. The molecule has 0 aliphatic carbocycles. The number of carbonyl (C=O) groups is 1. The molecule has 0 unspecified atom stereocenters. The van der Waals surface area contributed by atoms with Crippen LogP contribution in [0.2, 0.25) is 10.0 Å². The van der Waals surface area contributed by atoms with Crippen molar-refractivity contribution < 1.29 is 9.53 Å². The van der Waals surface area contributed by atoms with Gasteiger partial charge in [-0.2, -0.15) is 0 Å². The number of nitrogens with two attached hydrogens (primary N) is 1. The molecule has 110 valence electrons. The van der Waals surface area contributed by atoms with Crippen LogP contribution in [0.1, 0.15) is 5.56 Å². The second-order valence-electron chi connectivity index (χ2n) is 4.48. The van der Waals surface area contributed by atoms with Crippen molar-refractivity contribution in [3.63, 3.8) is 0 Å². The number of benzene rings is 2. The number of halogens is 2. The zero-order valence-corrected chi connectivity index (χ0v) is 12.8. The van der Waals surface area contributed by atoms with Crippen LogP contribution in [-0.2, 0) is 4.79 Å². The highest BCUT2D eigenvalue weighted by Gasteiger charge is 2.07. The number of nitrogens with one attached hydrogen (secondary N) is 1. The smallest absolute Gasteiger partial charge is 0.262 e. The molecule has 2 aromatic carbocycles. The van der Waals surface area contributed by atoms with E-state index < -0.39 is 0 Å². The van der Waals surface area contributed by atoms with Gasteiger partial charge in [-0.05, 0) is 48.9 Å². The fourth-order valence-electron chi connectivity index (χ4n) is 1.69. The van der Waals surface area contributed by atoms with Gasteiger partial charge in [0.15, 0.2) is 6.61 Å². The topological polar surface area (TPSA) is 64.3 Å². The maximum Gasteiger partial charge on any atom is 0.262 e. The second kappa shape index (κ2) is 6.70. The van der Waals surface area contributed by atoms with E-state index in [1.165, 1.54) is 0 Å². The molecular formula is C15H14Cl2N2O2. The number of hydrogen-bond acceptors (Lipinski definition) is 3. The molecule has 0 aromatic heterocycles. The zero-order chi connectivity index (χ0) is 15.4. The minimum atomic E-state index is -0.309. The quantitative estimate of drug-likeness (QED) is 0.838. The number of hydrogen-bond donors (Lipinski definition) is 2. The lowest BCUT2D eigenvalue weighted by Gasteiger charge is -2.10. The average molecular weight is 325 g/mol. The highest BCUT2D eigenvalue weighted by atomic mass is 35.5. The second-order valence-corrected chi connectivity index (χ2v) is 5.32. The van der Waals surface area contributed by atoms with Gasteiger partial charge in [-0.25, -0.2) is 0 Å². The van der Waals surface area contributed by atoms with Crippen molar-refractivity contribution in [2.45, 2.75) is 6.92 Å². The lowest BCUT2D eigenvalue weighted by molar-refractivity contribution is -0.118. The van der Waals surface area contributed by atoms with Crippen molar-refractivity contribution in [3.8, 4) is 5.75 Å².